The van der Waals surface area contributed by atoms with Gasteiger partial charge in [-0.3, -0.25) is 19.2 Å². The molecule has 13 heteroatoms. The summed E-state index contributed by atoms with van der Waals surface area (Å²) in [6, 6.07) is 8.76. The first-order chi connectivity index (χ1) is 21.2. The lowest BCUT2D eigenvalue weighted by Gasteiger charge is -2.32. The normalized spacial score (nSPS) is 18.3. The van der Waals surface area contributed by atoms with Crippen LogP contribution in [-0.2, 0) is 30.3 Å². The van der Waals surface area contributed by atoms with Crippen molar-refractivity contribution in [3.8, 4) is 5.75 Å². The van der Waals surface area contributed by atoms with E-state index >= 15 is 0 Å². The molecule has 13 nitrogen and oxygen atoms in total. The third-order valence-corrected chi connectivity index (χ3v) is 7.45. The highest BCUT2D eigenvalue weighted by Crippen LogP contribution is 2.32. The zero-order chi connectivity index (χ0) is 31.7. The van der Waals surface area contributed by atoms with Crippen molar-refractivity contribution in [3.63, 3.8) is 0 Å². The minimum absolute atomic E-state index is 0.0253. The number of nitrogens with zero attached hydrogens (tertiary/aromatic N) is 3. The van der Waals surface area contributed by atoms with Crippen LogP contribution in [0.5, 0.6) is 5.75 Å². The van der Waals surface area contributed by atoms with Gasteiger partial charge in [0.05, 0.1) is 35.2 Å². The molecule has 2 bridgehead atoms. The van der Waals surface area contributed by atoms with E-state index in [1.807, 2.05) is 6.07 Å². The Balaban J connectivity index is 1.68. The molecule has 1 aliphatic heterocycles. The van der Waals surface area contributed by atoms with Crippen LogP contribution >= 0.6 is 0 Å². The molecule has 0 radical (unpaired) electrons. The minimum atomic E-state index is -1.12. The molecule has 1 aromatic carbocycles. The molecular weight excluding hydrogens is 570 g/mol. The molecule has 1 aliphatic rings. The summed E-state index contributed by atoms with van der Waals surface area (Å²) in [6.07, 6.45) is 1.15. The Morgan fingerprint density at radius 3 is 2.73 bits per heavy atom. The number of ether oxygens (including phenoxy) is 3. The van der Waals surface area contributed by atoms with Crippen molar-refractivity contribution >= 4 is 34.8 Å². The van der Waals surface area contributed by atoms with Gasteiger partial charge in [0.2, 0.25) is 5.91 Å². The molecule has 3 heterocycles. The molecule has 0 fully saturated rings. The Hall–Kier alpha value is -4.52. The van der Waals surface area contributed by atoms with Gasteiger partial charge in [0, 0.05) is 39.0 Å². The highest BCUT2D eigenvalue weighted by molar-refractivity contribution is 6.07. The van der Waals surface area contributed by atoms with Crippen LogP contribution in [0.15, 0.2) is 34.9 Å². The number of esters is 1. The smallest absolute Gasteiger partial charge is 0.314 e. The van der Waals surface area contributed by atoms with Crippen molar-refractivity contribution in [2.24, 2.45) is 5.41 Å². The summed E-state index contributed by atoms with van der Waals surface area (Å²) in [7, 11) is 1.58. The first-order valence-electron chi connectivity index (χ1n) is 14.6. The van der Waals surface area contributed by atoms with Crippen LogP contribution in [0.1, 0.15) is 47.1 Å². The van der Waals surface area contributed by atoms with E-state index in [-0.39, 0.29) is 57.1 Å². The lowest BCUT2D eigenvalue weighted by Crippen LogP contribution is -2.49. The number of carbonyl (C=O) groups excluding carboxylic acids is 4. The number of benzene rings is 1. The van der Waals surface area contributed by atoms with E-state index in [4.69, 9.17) is 18.7 Å². The molecular formula is C31H39N5O8. The van der Waals surface area contributed by atoms with Crippen molar-refractivity contribution in [1.29, 1.82) is 0 Å². The summed E-state index contributed by atoms with van der Waals surface area (Å²) in [5.74, 6) is -1.31. The number of aromatic nitrogens is 2. The van der Waals surface area contributed by atoms with Gasteiger partial charge in [0.25, 0.3) is 17.5 Å². The van der Waals surface area contributed by atoms with Crippen LogP contribution in [0.3, 0.4) is 0 Å². The van der Waals surface area contributed by atoms with Crippen LogP contribution in [0, 0.1) is 19.3 Å². The van der Waals surface area contributed by atoms with Crippen LogP contribution in [0.2, 0.25) is 0 Å². The number of rotatable bonds is 7. The van der Waals surface area contributed by atoms with Crippen molar-refractivity contribution in [1.82, 2.24) is 25.7 Å². The fourth-order valence-corrected chi connectivity index (χ4v) is 5.30. The van der Waals surface area contributed by atoms with Gasteiger partial charge in [-0.25, -0.2) is 4.98 Å². The largest absolute Gasteiger partial charge is 0.484 e. The zero-order valence-electron chi connectivity index (χ0n) is 25.6. The maximum absolute atomic E-state index is 13.9. The number of methoxy groups -OCH3 is 1. The molecule has 0 saturated heterocycles. The highest BCUT2D eigenvalue weighted by Gasteiger charge is 2.40. The Morgan fingerprint density at radius 1 is 1.14 bits per heavy atom. The van der Waals surface area contributed by atoms with Crippen molar-refractivity contribution in [2.45, 2.75) is 40.0 Å². The first-order valence-corrected chi connectivity index (χ1v) is 14.6. The average molecular weight is 610 g/mol. The lowest BCUT2D eigenvalue weighted by molar-refractivity contribution is -0.156. The van der Waals surface area contributed by atoms with E-state index in [1.54, 1.807) is 52.1 Å². The number of amides is 3. The maximum atomic E-state index is 13.9. The van der Waals surface area contributed by atoms with Gasteiger partial charge in [-0.2, -0.15) is 0 Å². The summed E-state index contributed by atoms with van der Waals surface area (Å²) in [4.78, 5) is 59.2. The second-order valence-corrected chi connectivity index (χ2v) is 10.8. The molecule has 1 atom stereocenters. The molecule has 0 spiro atoms. The predicted octanol–water partition coefficient (Wildman–Crippen LogP) is 2.13. The van der Waals surface area contributed by atoms with E-state index in [0.29, 0.717) is 42.0 Å². The monoisotopic (exact) mass is 609 g/mol. The van der Waals surface area contributed by atoms with Gasteiger partial charge in [-0.15, -0.1) is 0 Å². The summed E-state index contributed by atoms with van der Waals surface area (Å²) in [5, 5.41) is 10.0. The number of hydrogen-bond acceptors (Lipinski definition) is 10. The molecule has 1 unspecified atom stereocenters. The Morgan fingerprint density at radius 2 is 1.95 bits per heavy atom. The van der Waals surface area contributed by atoms with Gasteiger partial charge in [-0.1, -0.05) is 17.3 Å². The topological polar surface area (TPSA) is 162 Å². The molecule has 2 aromatic heterocycles. The Labute approximate surface area is 255 Å². The minimum Gasteiger partial charge on any atom is -0.484 e. The van der Waals surface area contributed by atoms with E-state index in [9.17, 15) is 19.2 Å². The molecule has 3 aromatic rings. The van der Waals surface area contributed by atoms with E-state index in [2.05, 4.69) is 20.8 Å². The lowest BCUT2D eigenvalue weighted by atomic mass is 9.77. The summed E-state index contributed by atoms with van der Waals surface area (Å²) in [5.41, 5.74) is 1.17. The van der Waals surface area contributed by atoms with Crippen LogP contribution in [-0.4, -0.2) is 91.8 Å². The third kappa shape index (κ3) is 7.90. The van der Waals surface area contributed by atoms with Crippen molar-refractivity contribution in [2.75, 3.05) is 53.1 Å². The first kappa shape index (κ1) is 32.4. The van der Waals surface area contributed by atoms with E-state index < -0.39 is 29.1 Å². The summed E-state index contributed by atoms with van der Waals surface area (Å²) in [6.45, 7) is 5.23. The number of hydrogen-bond donors (Lipinski definition) is 2. The second-order valence-electron chi connectivity index (χ2n) is 10.8. The Bertz CT molecular complexity index is 1510. The quantitative estimate of drug-likeness (QED) is 0.300. The van der Waals surface area contributed by atoms with Gasteiger partial charge in [0.1, 0.15) is 5.75 Å². The zero-order valence-corrected chi connectivity index (χ0v) is 25.6. The van der Waals surface area contributed by atoms with Gasteiger partial charge >= 0.3 is 5.97 Å². The number of pyridine rings is 1. The number of aryl methyl sites for hydroxylation is 2. The van der Waals surface area contributed by atoms with Crippen molar-refractivity contribution < 1.29 is 37.9 Å². The number of carbonyl (C=O) groups is 4. The van der Waals surface area contributed by atoms with Gasteiger partial charge < -0.3 is 34.3 Å². The molecule has 0 saturated carbocycles. The molecule has 44 heavy (non-hydrogen) atoms. The average Bonchev–Trinajstić information content (AvgIpc) is 3.37. The molecule has 0 aliphatic carbocycles. The summed E-state index contributed by atoms with van der Waals surface area (Å²) < 4.78 is 21.8. The Kier molecular flexibility index (Phi) is 10.9. The molecule has 2 N–H and O–H groups in total. The second kappa shape index (κ2) is 14.8. The third-order valence-electron chi connectivity index (χ3n) is 7.45. The van der Waals surface area contributed by atoms with Crippen LogP contribution < -0.4 is 15.4 Å². The van der Waals surface area contributed by atoms with E-state index in [0.717, 1.165) is 5.56 Å². The fourth-order valence-electron chi connectivity index (χ4n) is 5.30. The standard InChI is InChI=1S/C31H39N5O8/c1-5-42-30(40)31(10-7-13-41-4)16-22-8-6-9-23(15-22)43-18-26(38)32-11-12-36(17-25(37)33-19-31)29(39)24-14-20(2)34-28-27(24)21(3)35-44-28/h6,8-9,14-15H,5,7,10-13,16-19H2,1-4H3,(H,32,38)(H,33,37). The molecule has 236 valence electrons. The van der Waals surface area contributed by atoms with Crippen molar-refractivity contribution in [3.05, 3.63) is 52.8 Å². The van der Waals surface area contributed by atoms with E-state index in [1.165, 1.54) is 4.90 Å². The van der Waals surface area contributed by atoms with Gasteiger partial charge in [-0.05, 0) is 63.8 Å². The fraction of sp³-hybridized carbons (Fsp3) is 0.484. The maximum Gasteiger partial charge on any atom is 0.314 e. The number of fused-ring (bicyclic) bond motifs is 3. The SMILES string of the molecule is CCOC(=O)C1(CCCOC)CNC(=O)CN(C(=O)c2cc(C)nc3onc(C)c23)CCNC(=O)COc2cccc(c2)C1. The summed E-state index contributed by atoms with van der Waals surface area (Å²) >= 11 is 0. The predicted molar refractivity (Wildman–Crippen MR) is 159 cm³/mol. The molecule has 4 rings (SSSR count). The van der Waals surface area contributed by atoms with Gasteiger partial charge in [0.15, 0.2) is 6.61 Å². The van der Waals surface area contributed by atoms with Crippen LogP contribution in [0.4, 0.5) is 0 Å². The number of nitrogens with one attached hydrogen (secondary N) is 2. The van der Waals surface area contributed by atoms with Crippen LogP contribution in [0.25, 0.3) is 11.1 Å². The highest BCUT2D eigenvalue weighted by atomic mass is 16.5. The molecule has 3 amide bonds.